The molecule has 1 aliphatic rings. The molecule has 0 saturated heterocycles. The Morgan fingerprint density at radius 1 is 1.28 bits per heavy atom. The fourth-order valence-corrected chi connectivity index (χ4v) is 2.90. The Morgan fingerprint density at radius 3 is 2.76 bits per heavy atom. The average Bonchev–Trinajstić information content (AvgIpc) is 3.08. The van der Waals surface area contributed by atoms with Crippen molar-refractivity contribution in [2.24, 2.45) is 0 Å². The van der Waals surface area contributed by atoms with Crippen molar-refractivity contribution in [2.75, 3.05) is 13.1 Å². The highest BCUT2D eigenvalue weighted by atomic mass is 16.4. The summed E-state index contributed by atoms with van der Waals surface area (Å²) in [5.41, 5.74) is 2.30. The van der Waals surface area contributed by atoms with E-state index in [1.165, 1.54) is 0 Å². The first-order valence-electron chi connectivity index (χ1n) is 7.88. The van der Waals surface area contributed by atoms with Crippen LogP contribution in [-0.4, -0.2) is 51.1 Å². The number of amides is 2. The number of aliphatic carboxylic acids is 1. The number of nitrogens with zero attached hydrogens (tertiary/aromatic N) is 2. The lowest BCUT2D eigenvalue weighted by Crippen LogP contribution is -2.45. The summed E-state index contributed by atoms with van der Waals surface area (Å²) >= 11 is 0. The van der Waals surface area contributed by atoms with Crippen LogP contribution in [0.4, 0.5) is 0 Å². The van der Waals surface area contributed by atoms with E-state index in [2.05, 4.69) is 15.5 Å². The summed E-state index contributed by atoms with van der Waals surface area (Å²) in [5.74, 6) is -2.31. The first kappa shape index (κ1) is 16.7. The van der Waals surface area contributed by atoms with Crippen molar-refractivity contribution in [1.29, 1.82) is 0 Å². The van der Waals surface area contributed by atoms with Gasteiger partial charge in [-0.1, -0.05) is 30.3 Å². The number of aromatic amines is 1. The second kappa shape index (κ2) is 7.16. The van der Waals surface area contributed by atoms with Crippen molar-refractivity contribution in [3.8, 4) is 0 Å². The third kappa shape index (κ3) is 3.85. The van der Waals surface area contributed by atoms with Gasteiger partial charge in [-0.15, -0.1) is 0 Å². The molecule has 0 aliphatic carbocycles. The number of hydrogen-bond donors (Lipinski definition) is 3. The highest BCUT2D eigenvalue weighted by molar-refractivity contribution is 5.88. The molecular formula is C17H18N4O4. The van der Waals surface area contributed by atoms with Gasteiger partial charge in [-0.2, -0.15) is 5.10 Å². The molecule has 2 amide bonds. The maximum atomic E-state index is 12.6. The van der Waals surface area contributed by atoms with Gasteiger partial charge in [0.1, 0.15) is 6.54 Å². The fourth-order valence-electron chi connectivity index (χ4n) is 2.90. The van der Waals surface area contributed by atoms with Gasteiger partial charge in [-0.05, 0) is 5.56 Å². The number of carboxylic acids is 1. The Balaban J connectivity index is 1.74. The van der Waals surface area contributed by atoms with E-state index >= 15 is 0 Å². The Morgan fingerprint density at radius 2 is 2.04 bits per heavy atom. The minimum absolute atomic E-state index is 0.0888. The lowest BCUT2D eigenvalue weighted by atomic mass is 9.95. The molecule has 0 spiro atoms. The average molecular weight is 342 g/mol. The molecule has 8 heteroatoms. The number of H-pyrrole nitrogens is 1. The Labute approximate surface area is 143 Å². The van der Waals surface area contributed by atoms with E-state index in [9.17, 15) is 14.4 Å². The molecule has 2 aromatic rings. The summed E-state index contributed by atoms with van der Waals surface area (Å²) in [6.07, 6.45) is 1.84. The van der Waals surface area contributed by atoms with Crippen LogP contribution in [0.15, 0.2) is 36.5 Å². The minimum Gasteiger partial charge on any atom is -0.480 e. The van der Waals surface area contributed by atoms with E-state index in [0.717, 1.165) is 11.1 Å². The van der Waals surface area contributed by atoms with Crippen LogP contribution in [-0.2, 0) is 27.3 Å². The van der Waals surface area contributed by atoms with Crippen LogP contribution in [0.25, 0.3) is 0 Å². The normalized spacial score (nSPS) is 16.2. The predicted octanol–water partition coefficient (Wildman–Crippen LogP) is 0.279. The fraction of sp³-hybridized carbons (Fsp3) is 0.294. The standard InChI is InChI=1S/C17H18N4O4/c22-14(6-11-4-2-1-3-5-11)21-9-12-7-19-20-16(12)13(10-21)17(25)18-8-15(23)24/h1-5,7,13H,6,8-10H2,(H,18,25)(H,19,20)(H,23,24). The van der Waals surface area contributed by atoms with Gasteiger partial charge in [0.05, 0.1) is 24.2 Å². The van der Waals surface area contributed by atoms with E-state index < -0.39 is 24.3 Å². The Bertz CT molecular complexity index is 787. The number of benzene rings is 1. The molecule has 8 nitrogen and oxygen atoms in total. The molecule has 1 unspecified atom stereocenters. The first-order valence-corrected chi connectivity index (χ1v) is 7.88. The van der Waals surface area contributed by atoms with Crippen molar-refractivity contribution in [3.63, 3.8) is 0 Å². The molecule has 3 N–H and O–H groups in total. The summed E-state index contributed by atoms with van der Waals surface area (Å²) in [6.45, 7) is 0.100. The van der Waals surface area contributed by atoms with Crippen LogP contribution in [0.2, 0.25) is 0 Å². The van der Waals surface area contributed by atoms with Gasteiger partial charge in [-0.25, -0.2) is 0 Å². The largest absolute Gasteiger partial charge is 0.480 e. The number of rotatable bonds is 5. The molecular weight excluding hydrogens is 324 g/mol. The highest BCUT2D eigenvalue weighted by Gasteiger charge is 2.34. The van der Waals surface area contributed by atoms with Crippen molar-refractivity contribution in [1.82, 2.24) is 20.4 Å². The third-order valence-corrected chi connectivity index (χ3v) is 4.15. The van der Waals surface area contributed by atoms with Gasteiger partial charge in [-0.3, -0.25) is 19.5 Å². The number of fused-ring (bicyclic) bond motifs is 1. The molecule has 0 bridgehead atoms. The number of carbonyl (C=O) groups excluding carboxylic acids is 2. The molecule has 1 aliphatic heterocycles. The molecule has 1 aromatic carbocycles. The zero-order chi connectivity index (χ0) is 17.8. The van der Waals surface area contributed by atoms with E-state index in [-0.39, 0.29) is 18.9 Å². The zero-order valence-electron chi connectivity index (χ0n) is 13.4. The van der Waals surface area contributed by atoms with Crippen LogP contribution in [0.1, 0.15) is 22.7 Å². The summed E-state index contributed by atoms with van der Waals surface area (Å²) < 4.78 is 0. The first-order chi connectivity index (χ1) is 12.0. The topological polar surface area (TPSA) is 115 Å². The monoisotopic (exact) mass is 342 g/mol. The molecule has 3 rings (SSSR count). The van der Waals surface area contributed by atoms with E-state index in [1.807, 2.05) is 30.3 Å². The molecule has 2 heterocycles. The maximum absolute atomic E-state index is 12.6. The molecule has 1 aromatic heterocycles. The summed E-state index contributed by atoms with van der Waals surface area (Å²) in [7, 11) is 0. The smallest absolute Gasteiger partial charge is 0.322 e. The minimum atomic E-state index is -1.12. The van der Waals surface area contributed by atoms with Crippen LogP contribution in [0, 0.1) is 0 Å². The molecule has 0 fully saturated rings. The molecule has 0 radical (unpaired) electrons. The molecule has 0 saturated carbocycles. The SMILES string of the molecule is O=C(O)CNC(=O)C1CN(C(=O)Cc2ccccc2)Cc2cn[nH]c21. The third-order valence-electron chi connectivity index (χ3n) is 4.15. The van der Waals surface area contributed by atoms with Crippen molar-refractivity contribution in [3.05, 3.63) is 53.3 Å². The van der Waals surface area contributed by atoms with E-state index in [4.69, 9.17) is 5.11 Å². The number of carboxylic acid groups (broad SMARTS) is 1. The number of aromatic nitrogens is 2. The second-order valence-corrected chi connectivity index (χ2v) is 5.91. The van der Waals surface area contributed by atoms with Gasteiger partial charge in [0, 0.05) is 18.7 Å². The number of carbonyl (C=O) groups is 3. The van der Waals surface area contributed by atoms with Gasteiger partial charge in [0.15, 0.2) is 0 Å². The van der Waals surface area contributed by atoms with Crippen molar-refractivity contribution >= 4 is 17.8 Å². The molecule has 130 valence electrons. The van der Waals surface area contributed by atoms with Gasteiger partial charge >= 0.3 is 5.97 Å². The van der Waals surface area contributed by atoms with Gasteiger partial charge in [0.2, 0.25) is 11.8 Å². The Hall–Kier alpha value is -3.16. The van der Waals surface area contributed by atoms with Crippen LogP contribution >= 0.6 is 0 Å². The van der Waals surface area contributed by atoms with Crippen LogP contribution < -0.4 is 5.32 Å². The lowest BCUT2D eigenvalue weighted by molar-refractivity contribution is -0.139. The second-order valence-electron chi connectivity index (χ2n) is 5.91. The summed E-state index contributed by atoms with van der Waals surface area (Å²) in [6, 6.07) is 9.38. The molecule has 1 atom stereocenters. The van der Waals surface area contributed by atoms with Crippen molar-refractivity contribution < 1.29 is 19.5 Å². The van der Waals surface area contributed by atoms with E-state index in [1.54, 1.807) is 11.1 Å². The summed E-state index contributed by atoms with van der Waals surface area (Å²) in [5, 5.41) is 17.8. The summed E-state index contributed by atoms with van der Waals surface area (Å²) in [4.78, 5) is 37.2. The van der Waals surface area contributed by atoms with Gasteiger partial charge < -0.3 is 15.3 Å². The number of nitrogens with one attached hydrogen (secondary N) is 2. The quantitative estimate of drug-likeness (QED) is 0.722. The van der Waals surface area contributed by atoms with Crippen molar-refractivity contribution in [2.45, 2.75) is 18.9 Å². The predicted molar refractivity (Wildman–Crippen MR) is 87.5 cm³/mol. The molecule has 25 heavy (non-hydrogen) atoms. The van der Waals surface area contributed by atoms with Crippen LogP contribution in [0.3, 0.4) is 0 Å². The number of hydrogen-bond acceptors (Lipinski definition) is 4. The maximum Gasteiger partial charge on any atom is 0.322 e. The lowest BCUT2D eigenvalue weighted by Gasteiger charge is -2.31. The highest BCUT2D eigenvalue weighted by Crippen LogP contribution is 2.27. The zero-order valence-corrected chi connectivity index (χ0v) is 13.4. The Kier molecular flexibility index (Phi) is 4.78. The van der Waals surface area contributed by atoms with E-state index in [0.29, 0.717) is 12.2 Å². The van der Waals surface area contributed by atoms with Crippen LogP contribution in [0.5, 0.6) is 0 Å². The van der Waals surface area contributed by atoms with Gasteiger partial charge in [0.25, 0.3) is 0 Å².